The highest BCUT2D eigenvalue weighted by Gasteiger charge is 2.24. The SMILES string of the molecule is CCC(NCCC1CC1)C1CCCCC1. The van der Waals surface area contributed by atoms with Crippen LogP contribution in [-0.4, -0.2) is 12.6 Å². The van der Waals surface area contributed by atoms with Crippen molar-refractivity contribution in [1.82, 2.24) is 5.32 Å². The van der Waals surface area contributed by atoms with E-state index in [1.54, 1.807) is 0 Å². The Balaban J connectivity index is 1.64. The molecule has 2 fully saturated rings. The van der Waals surface area contributed by atoms with Gasteiger partial charge in [-0.2, -0.15) is 0 Å². The van der Waals surface area contributed by atoms with Crippen LogP contribution in [0.15, 0.2) is 0 Å². The highest BCUT2D eigenvalue weighted by molar-refractivity contribution is 4.80. The van der Waals surface area contributed by atoms with Crippen LogP contribution in [0.5, 0.6) is 0 Å². The lowest BCUT2D eigenvalue weighted by molar-refractivity contribution is 0.262. The standard InChI is InChI=1S/C14H27N/c1-2-14(13-6-4-3-5-7-13)15-11-10-12-8-9-12/h12-15H,2-11H2,1H3. The van der Waals surface area contributed by atoms with Crippen molar-refractivity contribution in [2.75, 3.05) is 6.54 Å². The van der Waals surface area contributed by atoms with Crippen molar-refractivity contribution in [3.63, 3.8) is 0 Å². The van der Waals surface area contributed by atoms with E-state index in [-0.39, 0.29) is 0 Å². The summed E-state index contributed by atoms with van der Waals surface area (Å²) in [6.07, 6.45) is 13.2. The van der Waals surface area contributed by atoms with Gasteiger partial charge < -0.3 is 5.32 Å². The predicted octanol–water partition coefficient (Wildman–Crippen LogP) is 3.74. The van der Waals surface area contributed by atoms with Gasteiger partial charge in [0, 0.05) is 6.04 Å². The van der Waals surface area contributed by atoms with E-state index in [0.29, 0.717) is 0 Å². The van der Waals surface area contributed by atoms with Gasteiger partial charge in [0.05, 0.1) is 0 Å². The zero-order valence-corrected chi connectivity index (χ0v) is 10.3. The summed E-state index contributed by atoms with van der Waals surface area (Å²) in [6, 6.07) is 0.823. The minimum Gasteiger partial charge on any atom is -0.314 e. The van der Waals surface area contributed by atoms with E-state index in [2.05, 4.69) is 12.2 Å². The monoisotopic (exact) mass is 209 g/mol. The molecule has 0 heterocycles. The molecule has 0 amide bonds. The molecule has 2 aliphatic rings. The summed E-state index contributed by atoms with van der Waals surface area (Å²) >= 11 is 0. The van der Waals surface area contributed by atoms with Crippen LogP contribution in [0.3, 0.4) is 0 Å². The Morgan fingerprint density at radius 3 is 2.40 bits per heavy atom. The topological polar surface area (TPSA) is 12.0 Å². The van der Waals surface area contributed by atoms with Crippen molar-refractivity contribution in [2.24, 2.45) is 11.8 Å². The average molecular weight is 209 g/mol. The van der Waals surface area contributed by atoms with Crippen LogP contribution >= 0.6 is 0 Å². The summed E-state index contributed by atoms with van der Waals surface area (Å²) in [5, 5.41) is 3.81. The van der Waals surface area contributed by atoms with Crippen LogP contribution in [0.25, 0.3) is 0 Å². The van der Waals surface area contributed by atoms with E-state index in [1.165, 1.54) is 64.3 Å². The summed E-state index contributed by atoms with van der Waals surface area (Å²) in [6.45, 7) is 3.63. The molecule has 0 aromatic heterocycles. The van der Waals surface area contributed by atoms with Crippen molar-refractivity contribution in [2.45, 2.75) is 70.8 Å². The van der Waals surface area contributed by atoms with Gasteiger partial charge in [-0.25, -0.2) is 0 Å². The molecule has 0 saturated heterocycles. The summed E-state index contributed by atoms with van der Waals surface area (Å²) in [5.41, 5.74) is 0. The second-order valence-electron chi connectivity index (χ2n) is 5.60. The molecule has 88 valence electrons. The second kappa shape index (κ2) is 5.89. The summed E-state index contributed by atoms with van der Waals surface area (Å²) in [4.78, 5) is 0. The third-order valence-electron chi connectivity index (χ3n) is 4.31. The van der Waals surface area contributed by atoms with Gasteiger partial charge in [0.25, 0.3) is 0 Å². The first kappa shape index (κ1) is 11.4. The summed E-state index contributed by atoms with van der Waals surface area (Å²) in [5.74, 6) is 2.07. The number of rotatable bonds is 6. The Labute approximate surface area is 95.0 Å². The molecule has 1 N–H and O–H groups in total. The first-order valence-corrected chi connectivity index (χ1v) is 7.13. The van der Waals surface area contributed by atoms with Crippen LogP contribution in [0.1, 0.15) is 64.7 Å². The van der Waals surface area contributed by atoms with E-state index in [9.17, 15) is 0 Å². The number of hydrogen-bond donors (Lipinski definition) is 1. The fourth-order valence-corrected chi connectivity index (χ4v) is 3.06. The molecule has 1 atom stereocenters. The van der Waals surface area contributed by atoms with Crippen molar-refractivity contribution in [3.05, 3.63) is 0 Å². The molecule has 0 bridgehead atoms. The highest BCUT2D eigenvalue weighted by atomic mass is 14.9. The maximum atomic E-state index is 3.81. The first-order valence-electron chi connectivity index (χ1n) is 7.13. The molecule has 1 heteroatoms. The van der Waals surface area contributed by atoms with Crippen molar-refractivity contribution in [3.8, 4) is 0 Å². The Kier molecular flexibility index (Phi) is 4.49. The van der Waals surface area contributed by atoms with Crippen LogP contribution in [0.2, 0.25) is 0 Å². The lowest BCUT2D eigenvalue weighted by Gasteiger charge is -2.30. The number of hydrogen-bond acceptors (Lipinski definition) is 1. The molecular formula is C14H27N. The zero-order chi connectivity index (χ0) is 10.5. The van der Waals surface area contributed by atoms with Crippen LogP contribution in [0, 0.1) is 11.8 Å². The van der Waals surface area contributed by atoms with Crippen LogP contribution < -0.4 is 5.32 Å². The average Bonchev–Trinajstić information content (AvgIpc) is 3.10. The fraction of sp³-hybridized carbons (Fsp3) is 1.00. The molecule has 0 radical (unpaired) electrons. The minimum atomic E-state index is 0.823. The molecule has 0 aliphatic heterocycles. The summed E-state index contributed by atoms with van der Waals surface area (Å²) < 4.78 is 0. The van der Waals surface area contributed by atoms with Crippen molar-refractivity contribution < 1.29 is 0 Å². The molecule has 2 rings (SSSR count). The molecule has 1 unspecified atom stereocenters. The smallest absolute Gasteiger partial charge is 0.00927 e. The fourth-order valence-electron chi connectivity index (χ4n) is 3.06. The quantitative estimate of drug-likeness (QED) is 0.703. The molecule has 0 aromatic carbocycles. The van der Waals surface area contributed by atoms with Gasteiger partial charge in [-0.05, 0) is 44.1 Å². The Morgan fingerprint density at radius 1 is 1.07 bits per heavy atom. The molecular weight excluding hydrogens is 182 g/mol. The van der Waals surface area contributed by atoms with Crippen molar-refractivity contribution in [1.29, 1.82) is 0 Å². The lowest BCUT2D eigenvalue weighted by Crippen LogP contribution is -2.37. The van der Waals surface area contributed by atoms with Gasteiger partial charge in [0.1, 0.15) is 0 Å². The summed E-state index contributed by atoms with van der Waals surface area (Å²) in [7, 11) is 0. The molecule has 0 aromatic rings. The van der Waals surface area contributed by atoms with Gasteiger partial charge >= 0.3 is 0 Å². The molecule has 15 heavy (non-hydrogen) atoms. The van der Waals surface area contributed by atoms with E-state index >= 15 is 0 Å². The third-order valence-corrected chi connectivity index (χ3v) is 4.31. The first-order chi connectivity index (χ1) is 7.40. The van der Waals surface area contributed by atoms with E-state index in [4.69, 9.17) is 0 Å². The normalized spacial score (nSPS) is 25.4. The Morgan fingerprint density at radius 2 is 1.80 bits per heavy atom. The zero-order valence-electron chi connectivity index (χ0n) is 10.3. The van der Waals surface area contributed by atoms with Gasteiger partial charge in [-0.1, -0.05) is 39.0 Å². The van der Waals surface area contributed by atoms with Gasteiger partial charge in [-0.15, -0.1) is 0 Å². The van der Waals surface area contributed by atoms with Gasteiger partial charge in [-0.3, -0.25) is 0 Å². The molecule has 2 aliphatic carbocycles. The van der Waals surface area contributed by atoms with Crippen LogP contribution in [-0.2, 0) is 0 Å². The van der Waals surface area contributed by atoms with E-state index < -0.39 is 0 Å². The maximum absolute atomic E-state index is 3.81. The van der Waals surface area contributed by atoms with Gasteiger partial charge in [0.15, 0.2) is 0 Å². The molecule has 0 spiro atoms. The highest BCUT2D eigenvalue weighted by Crippen LogP contribution is 2.32. The van der Waals surface area contributed by atoms with Crippen LogP contribution in [0.4, 0.5) is 0 Å². The Hall–Kier alpha value is -0.0400. The molecule has 2 saturated carbocycles. The Bertz CT molecular complexity index is 168. The van der Waals surface area contributed by atoms with E-state index in [1.807, 2.05) is 0 Å². The second-order valence-corrected chi connectivity index (χ2v) is 5.60. The van der Waals surface area contributed by atoms with Crippen molar-refractivity contribution >= 4 is 0 Å². The maximum Gasteiger partial charge on any atom is 0.00927 e. The largest absolute Gasteiger partial charge is 0.314 e. The minimum absolute atomic E-state index is 0.823. The predicted molar refractivity (Wildman–Crippen MR) is 66.0 cm³/mol. The lowest BCUT2D eigenvalue weighted by atomic mass is 9.83. The third kappa shape index (κ3) is 3.79. The van der Waals surface area contributed by atoms with Gasteiger partial charge in [0.2, 0.25) is 0 Å². The van der Waals surface area contributed by atoms with E-state index in [0.717, 1.165) is 17.9 Å². The molecule has 1 nitrogen and oxygen atoms in total. The number of nitrogens with one attached hydrogen (secondary N) is 1.